The third kappa shape index (κ3) is 4.18. The lowest BCUT2D eigenvalue weighted by Gasteiger charge is -2.43. The molecule has 1 fully saturated rings. The highest BCUT2D eigenvalue weighted by Crippen LogP contribution is 2.31. The molecule has 0 saturated carbocycles. The molecule has 0 spiro atoms. The highest BCUT2D eigenvalue weighted by Gasteiger charge is 2.35. The minimum absolute atomic E-state index is 0.106. The third-order valence-electron chi connectivity index (χ3n) is 4.38. The molecule has 0 amide bonds. The fourth-order valence-electron chi connectivity index (χ4n) is 3.45. The van der Waals surface area contributed by atoms with Gasteiger partial charge in [0.05, 0.1) is 13.7 Å². The molecule has 0 aliphatic carbocycles. The zero-order valence-corrected chi connectivity index (χ0v) is 13.8. The Bertz CT molecular complexity index is 496. The molecule has 1 aliphatic heterocycles. The largest absolute Gasteiger partial charge is 0.497 e. The Morgan fingerprint density at radius 3 is 2.77 bits per heavy atom. The van der Waals surface area contributed by atoms with Crippen molar-refractivity contribution in [1.82, 2.24) is 9.80 Å². The smallest absolute Gasteiger partial charge is 0.131 e. The molecular formula is C17H27FN2O2. The Balaban J connectivity index is 2.06. The summed E-state index contributed by atoms with van der Waals surface area (Å²) in [6.45, 7) is 3.34. The van der Waals surface area contributed by atoms with Crippen LogP contribution in [0.5, 0.6) is 5.75 Å². The van der Waals surface area contributed by atoms with E-state index in [9.17, 15) is 9.50 Å². The van der Waals surface area contributed by atoms with Crippen molar-refractivity contribution in [3.05, 3.63) is 29.6 Å². The number of nitrogens with zero attached hydrogens (tertiary/aromatic N) is 2. The molecule has 5 heteroatoms. The number of hydrogen-bond donors (Lipinski definition) is 1. The van der Waals surface area contributed by atoms with Crippen LogP contribution in [0.15, 0.2) is 18.2 Å². The van der Waals surface area contributed by atoms with Gasteiger partial charge in [0.2, 0.25) is 0 Å². The van der Waals surface area contributed by atoms with Crippen molar-refractivity contribution in [2.45, 2.75) is 19.4 Å². The van der Waals surface area contributed by atoms with E-state index in [1.807, 2.05) is 14.1 Å². The Hall–Kier alpha value is -1.17. The molecule has 0 aromatic heterocycles. The second-order valence-corrected chi connectivity index (χ2v) is 6.67. The summed E-state index contributed by atoms with van der Waals surface area (Å²) in [5, 5.41) is 9.85. The van der Waals surface area contributed by atoms with Crippen molar-refractivity contribution in [2.24, 2.45) is 5.41 Å². The summed E-state index contributed by atoms with van der Waals surface area (Å²) in [6, 6.07) is 5.01. The first-order valence-electron chi connectivity index (χ1n) is 7.78. The number of aliphatic hydroxyl groups excluding tert-OH is 1. The minimum Gasteiger partial charge on any atom is -0.497 e. The van der Waals surface area contributed by atoms with Crippen LogP contribution < -0.4 is 4.74 Å². The average molecular weight is 310 g/mol. The van der Waals surface area contributed by atoms with Gasteiger partial charge in [0.1, 0.15) is 11.6 Å². The average Bonchev–Trinajstić information content (AvgIpc) is 2.49. The lowest BCUT2D eigenvalue weighted by molar-refractivity contribution is 0.0102. The first-order chi connectivity index (χ1) is 10.5. The quantitative estimate of drug-likeness (QED) is 0.871. The topological polar surface area (TPSA) is 35.9 Å². The fraction of sp³-hybridized carbons (Fsp3) is 0.647. The molecule has 1 N–H and O–H groups in total. The molecule has 1 atom stereocenters. The maximum atomic E-state index is 14.1. The van der Waals surface area contributed by atoms with Gasteiger partial charge in [0.25, 0.3) is 0 Å². The van der Waals surface area contributed by atoms with E-state index in [0.717, 1.165) is 32.5 Å². The van der Waals surface area contributed by atoms with Crippen LogP contribution >= 0.6 is 0 Å². The number of benzene rings is 1. The zero-order chi connectivity index (χ0) is 16.2. The summed E-state index contributed by atoms with van der Waals surface area (Å²) in [5.74, 6) is 0.310. The lowest BCUT2D eigenvalue weighted by atomic mass is 9.80. The number of hydrogen-bond acceptors (Lipinski definition) is 4. The first kappa shape index (κ1) is 17.2. The second kappa shape index (κ2) is 7.40. The summed E-state index contributed by atoms with van der Waals surface area (Å²) in [4.78, 5) is 4.36. The molecule has 1 aromatic carbocycles. The van der Waals surface area contributed by atoms with Crippen molar-refractivity contribution in [1.29, 1.82) is 0 Å². The third-order valence-corrected chi connectivity index (χ3v) is 4.38. The molecular weight excluding hydrogens is 283 g/mol. The minimum atomic E-state index is -0.230. The number of likely N-dealkylation sites (tertiary alicyclic amines) is 1. The van der Waals surface area contributed by atoms with Crippen molar-refractivity contribution < 1.29 is 14.2 Å². The van der Waals surface area contributed by atoms with E-state index >= 15 is 0 Å². The van der Waals surface area contributed by atoms with Gasteiger partial charge < -0.3 is 14.7 Å². The highest BCUT2D eigenvalue weighted by molar-refractivity contribution is 5.28. The van der Waals surface area contributed by atoms with Crippen LogP contribution in [0.25, 0.3) is 0 Å². The molecule has 0 radical (unpaired) electrons. The van der Waals surface area contributed by atoms with Crippen LogP contribution in [0.3, 0.4) is 0 Å². The SMILES string of the molecule is COc1ccc(CN2CCC[C@@](CO)(CN(C)C)C2)c(F)c1. The Labute approximate surface area is 132 Å². The predicted molar refractivity (Wildman–Crippen MR) is 85.5 cm³/mol. The fourth-order valence-corrected chi connectivity index (χ4v) is 3.45. The Morgan fingerprint density at radius 2 is 2.18 bits per heavy atom. The molecule has 2 rings (SSSR count). The monoisotopic (exact) mass is 310 g/mol. The summed E-state index contributed by atoms with van der Waals surface area (Å²) in [7, 11) is 5.59. The van der Waals surface area contributed by atoms with E-state index in [-0.39, 0.29) is 17.8 Å². The number of piperidine rings is 1. The highest BCUT2D eigenvalue weighted by atomic mass is 19.1. The molecule has 0 unspecified atom stereocenters. The van der Waals surface area contributed by atoms with Gasteiger partial charge in [-0.3, -0.25) is 4.90 Å². The van der Waals surface area contributed by atoms with Crippen molar-refractivity contribution >= 4 is 0 Å². The molecule has 1 heterocycles. The summed E-state index contributed by atoms with van der Waals surface area (Å²) >= 11 is 0. The van der Waals surface area contributed by atoms with E-state index < -0.39 is 0 Å². The Kier molecular flexibility index (Phi) is 5.78. The first-order valence-corrected chi connectivity index (χ1v) is 7.78. The summed E-state index contributed by atoms with van der Waals surface area (Å²) < 4.78 is 19.2. The number of aliphatic hydroxyl groups is 1. The standard InChI is InChI=1S/C17H27FN2O2/c1-19(2)11-17(13-21)7-4-8-20(12-17)10-14-5-6-15(22-3)9-16(14)18/h5-6,9,21H,4,7-8,10-13H2,1-3H3/t17-/m1/s1. The van der Waals surface area contributed by atoms with Crippen LogP contribution in [-0.2, 0) is 6.54 Å². The number of halogens is 1. The van der Waals surface area contributed by atoms with E-state index in [1.165, 1.54) is 13.2 Å². The molecule has 0 bridgehead atoms. The molecule has 22 heavy (non-hydrogen) atoms. The summed E-state index contributed by atoms with van der Waals surface area (Å²) in [6.07, 6.45) is 2.05. The number of methoxy groups -OCH3 is 1. The molecule has 1 saturated heterocycles. The van der Waals surface area contributed by atoms with E-state index in [2.05, 4.69) is 9.80 Å². The van der Waals surface area contributed by atoms with E-state index in [1.54, 1.807) is 12.1 Å². The van der Waals surface area contributed by atoms with Gasteiger partial charge in [-0.2, -0.15) is 0 Å². The Morgan fingerprint density at radius 1 is 1.41 bits per heavy atom. The summed E-state index contributed by atoms with van der Waals surface area (Å²) in [5.41, 5.74) is 0.574. The maximum Gasteiger partial charge on any atom is 0.131 e. The van der Waals surface area contributed by atoms with Gasteiger partial charge in [-0.15, -0.1) is 0 Å². The molecule has 124 valence electrons. The van der Waals surface area contributed by atoms with Gasteiger partial charge in [0, 0.05) is 36.7 Å². The second-order valence-electron chi connectivity index (χ2n) is 6.67. The van der Waals surface area contributed by atoms with Crippen LogP contribution in [0.4, 0.5) is 4.39 Å². The van der Waals surface area contributed by atoms with Crippen molar-refractivity contribution in [3.8, 4) is 5.75 Å². The van der Waals surface area contributed by atoms with Crippen LogP contribution in [0, 0.1) is 11.2 Å². The number of rotatable bonds is 6. The van der Waals surface area contributed by atoms with Gasteiger partial charge >= 0.3 is 0 Å². The molecule has 1 aromatic rings. The molecule has 1 aliphatic rings. The van der Waals surface area contributed by atoms with E-state index in [4.69, 9.17) is 4.74 Å². The van der Waals surface area contributed by atoms with Gasteiger partial charge in [-0.1, -0.05) is 6.07 Å². The predicted octanol–water partition coefficient (Wildman–Crippen LogP) is 1.97. The number of ether oxygens (including phenoxy) is 1. The van der Waals surface area contributed by atoms with Gasteiger partial charge in [-0.05, 0) is 39.5 Å². The van der Waals surface area contributed by atoms with Crippen LogP contribution in [0.2, 0.25) is 0 Å². The van der Waals surface area contributed by atoms with Crippen molar-refractivity contribution in [3.63, 3.8) is 0 Å². The normalized spacial score (nSPS) is 23.0. The maximum absolute atomic E-state index is 14.1. The van der Waals surface area contributed by atoms with Gasteiger partial charge in [-0.25, -0.2) is 4.39 Å². The van der Waals surface area contributed by atoms with Gasteiger partial charge in [0.15, 0.2) is 0 Å². The lowest BCUT2D eigenvalue weighted by Crippen LogP contribution is -2.49. The van der Waals surface area contributed by atoms with Crippen molar-refractivity contribution in [2.75, 3.05) is 47.4 Å². The van der Waals surface area contributed by atoms with Crippen LogP contribution in [0.1, 0.15) is 18.4 Å². The van der Waals surface area contributed by atoms with Crippen LogP contribution in [-0.4, -0.2) is 62.4 Å². The zero-order valence-electron chi connectivity index (χ0n) is 13.8. The van der Waals surface area contributed by atoms with E-state index in [0.29, 0.717) is 17.9 Å². The molecule has 4 nitrogen and oxygen atoms in total.